The van der Waals surface area contributed by atoms with Gasteiger partial charge in [-0.3, -0.25) is 9.69 Å². The largest absolute Gasteiger partial charge is 0.573 e. The van der Waals surface area contributed by atoms with Crippen molar-refractivity contribution >= 4 is 11.9 Å². The van der Waals surface area contributed by atoms with E-state index in [1.165, 1.54) is 24.7 Å². The van der Waals surface area contributed by atoms with E-state index in [1.54, 1.807) is 30.3 Å². The van der Waals surface area contributed by atoms with Gasteiger partial charge in [-0.25, -0.2) is 9.78 Å². The summed E-state index contributed by atoms with van der Waals surface area (Å²) in [6, 6.07) is 9.69. The number of hydrogen-bond acceptors (Lipinski definition) is 7. The van der Waals surface area contributed by atoms with Gasteiger partial charge in [-0.05, 0) is 54.1 Å². The first kappa shape index (κ1) is 28.2. The van der Waals surface area contributed by atoms with Gasteiger partial charge in [-0.1, -0.05) is 12.1 Å². The number of carbonyl (C=O) groups is 2. The van der Waals surface area contributed by atoms with Gasteiger partial charge in [0.05, 0.1) is 31.9 Å². The highest BCUT2D eigenvalue weighted by molar-refractivity contribution is 5.84. The maximum absolute atomic E-state index is 12.4. The van der Waals surface area contributed by atoms with Gasteiger partial charge in [-0.15, -0.1) is 13.2 Å². The van der Waals surface area contributed by atoms with Crippen molar-refractivity contribution in [1.82, 2.24) is 25.1 Å². The molecule has 3 aromatic rings. The van der Waals surface area contributed by atoms with Crippen LogP contribution in [-0.2, 0) is 17.9 Å². The van der Waals surface area contributed by atoms with Crippen LogP contribution in [0.15, 0.2) is 59.6 Å². The van der Waals surface area contributed by atoms with Crippen LogP contribution in [0.5, 0.6) is 5.75 Å². The number of ether oxygens (including phenoxy) is 1. The molecule has 1 saturated heterocycles. The minimum absolute atomic E-state index is 0.0772. The molecule has 3 N–H and O–H groups in total. The number of aromatic amines is 1. The van der Waals surface area contributed by atoms with Gasteiger partial charge in [0.2, 0.25) is 5.91 Å². The lowest BCUT2D eigenvalue weighted by molar-refractivity contribution is -0.274. The number of fused-ring (bicyclic) bond motifs is 1. The van der Waals surface area contributed by atoms with Crippen LogP contribution in [-0.4, -0.2) is 76.3 Å². The van der Waals surface area contributed by atoms with E-state index in [0.29, 0.717) is 37.4 Å². The number of likely N-dealkylation sites (tertiary alicyclic amines) is 1. The quantitative estimate of drug-likeness (QED) is 0.352. The average Bonchev–Trinajstić information content (AvgIpc) is 3.42. The highest BCUT2D eigenvalue weighted by Gasteiger charge is 2.55. The predicted octanol–water partition coefficient (Wildman–Crippen LogP) is 3.21. The molecule has 2 atom stereocenters. The second-order valence-electron chi connectivity index (χ2n) is 9.61. The zero-order valence-electron chi connectivity index (χ0n) is 21.2. The highest BCUT2D eigenvalue weighted by atomic mass is 19.4. The Morgan fingerprint density at radius 3 is 2.62 bits per heavy atom. The number of imidazole rings is 1. The Morgan fingerprint density at radius 2 is 2.03 bits per heavy atom. The molecule has 1 aliphatic heterocycles. The molecule has 3 heterocycles. The molecule has 10 nitrogen and oxygen atoms in total. The first-order valence-corrected chi connectivity index (χ1v) is 12.3. The van der Waals surface area contributed by atoms with Gasteiger partial charge in [0.1, 0.15) is 17.2 Å². The van der Waals surface area contributed by atoms with E-state index in [1.807, 2.05) is 12.1 Å². The van der Waals surface area contributed by atoms with E-state index < -0.39 is 12.3 Å². The molecule has 2 fully saturated rings. The number of nitrogens with zero attached hydrogens (tertiary/aromatic N) is 3. The molecule has 210 valence electrons. The Bertz CT molecular complexity index is 1210. The third-order valence-electron chi connectivity index (χ3n) is 6.77. The monoisotopic (exact) mass is 549 g/mol. The second kappa shape index (κ2) is 12.3. The van der Waals surface area contributed by atoms with E-state index in [-0.39, 0.29) is 17.4 Å². The lowest BCUT2D eigenvalue weighted by Gasteiger charge is -2.23. The zero-order chi connectivity index (χ0) is 28.0. The number of halogens is 3. The van der Waals surface area contributed by atoms with Crippen molar-refractivity contribution in [2.75, 3.05) is 33.2 Å². The smallest absolute Gasteiger partial charge is 0.477 e. The van der Waals surface area contributed by atoms with Gasteiger partial charge in [-0.2, -0.15) is 0 Å². The molecule has 5 rings (SSSR count). The van der Waals surface area contributed by atoms with Crippen molar-refractivity contribution in [1.29, 1.82) is 0 Å². The molecule has 0 radical (unpaired) electrons. The van der Waals surface area contributed by atoms with Crippen LogP contribution in [0.2, 0.25) is 0 Å². The molecule has 0 bridgehead atoms. The number of carboxylic acids is 1. The summed E-state index contributed by atoms with van der Waals surface area (Å²) in [5, 5.41) is 11.5. The number of rotatable bonds is 10. The highest BCUT2D eigenvalue weighted by Crippen LogP contribution is 2.51. The third kappa shape index (κ3) is 8.32. The summed E-state index contributed by atoms with van der Waals surface area (Å²) in [7, 11) is 1.78. The molecule has 0 spiro atoms. The van der Waals surface area contributed by atoms with Crippen molar-refractivity contribution < 1.29 is 37.0 Å². The van der Waals surface area contributed by atoms with Gasteiger partial charge in [0.25, 0.3) is 0 Å². The first-order valence-electron chi connectivity index (χ1n) is 12.3. The van der Waals surface area contributed by atoms with Gasteiger partial charge in [0.15, 0.2) is 0 Å². The molecule has 1 saturated carbocycles. The SMILES string of the molecule is CN(Cc1ccco1)C(=O)CN1CC2C(CNCc3cccc(OC(F)(F)F)c3)C2C1.O=C(O)c1cnc[nH]1. The summed E-state index contributed by atoms with van der Waals surface area (Å²) >= 11 is 0. The molecule has 1 aliphatic carbocycles. The number of amides is 1. The molecule has 39 heavy (non-hydrogen) atoms. The number of benzene rings is 1. The van der Waals surface area contributed by atoms with E-state index in [2.05, 4.69) is 24.9 Å². The number of hydrogen-bond donors (Lipinski definition) is 3. The average molecular weight is 550 g/mol. The number of H-pyrrole nitrogens is 1. The standard InChI is InChI=1S/C22H26F3N3O3.C4H4N2O2/c1-27(11-17-6-3-7-30-17)21(29)14-28-12-19-18(20(19)13-28)10-26-9-15-4-2-5-16(8-15)31-22(23,24)25;7-4(8)3-1-5-2-6-3/h2-8,18-20,26H,9-14H2,1H3;1-2H,(H,5,6)(H,7,8). The molecule has 1 aromatic carbocycles. The number of carboxylic acid groups (broad SMARTS) is 1. The predicted molar refractivity (Wildman–Crippen MR) is 132 cm³/mol. The van der Waals surface area contributed by atoms with Gasteiger partial charge < -0.3 is 29.5 Å². The van der Waals surface area contributed by atoms with Crippen molar-refractivity contribution in [3.05, 3.63) is 72.2 Å². The van der Waals surface area contributed by atoms with Crippen molar-refractivity contribution in [3.8, 4) is 5.75 Å². The number of alkyl halides is 3. The number of carbonyl (C=O) groups excluding carboxylic acids is 1. The lowest BCUT2D eigenvalue weighted by Crippen LogP contribution is -2.38. The van der Waals surface area contributed by atoms with Crippen LogP contribution in [0.3, 0.4) is 0 Å². The summed E-state index contributed by atoms with van der Waals surface area (Å²) in [5.74, 6) is 1.37. The Morgan fingerprint density at radius 1 is 1.26 bits per heavy atom. The fourth-order valence-corrected chi connectivity index (χ4v) is 4.81. The molecule has 13 heteroatoms. The summed E-state index contributed by atoms with van der Waals surface area (Å²) in [5.41, 5.74) is 0.865. The summed E-state index contributed by atoms with van der Waals surface area (Å²) in [4.78, 5) is 32.2. The van der Waals surface area contributed by atoms with Crippen LogP contribution in [0.4, 0.5) is 13.2 Å². The van der Waals surface area contributed by atoms with Crippen LogP contribution in [0.25, 0.3) is 0 Å². The molecule has 2 aliphatic rings. The van der Waals surface area contributed by atoms with Crippen LogP contribution < -0.4 is 10.1 Å². The Kier molecular flexibility index (Phi) is 8.92. The summed E-state index contributed by atoms with van der Waals surface area (Å²) < 4.78 is 46.3. The molecular weight excluding hydrogens is 519 g/mol. The fraction of sp³-hybridized carbons (Fsp3) is 0.423. The van der Waals surface area contributed by atoms with Gasteiger partial charge in [0, 0.05) is 26.7 Å². The van der Waals surface area contributed by atoms with E-state index in [4.69, 9.17) is 9.52 Å². The second-order valence-corrected chi connectivity index (χ2v) is 9.61. The van der Waals surface area contributed by atoms with Crippen LogP contribution in [0, 0.1) is 17.8 Å². The molecular formula is C26H30F3N5O5. The topological polar surface area (TPSA) is 124 Å². The normalized spacial score (nSPS) is 20.1. The van der Waals surface area contributed by atoms with Gasteiger partial charge >= 0.3 is 12.3 Å². The maximum Gasteiger partial charge on any atom is 0.573 e. The van der Waals surface area contributed by atoms with Crippen molar-refractivity contribution in [2.24, 2.45) is 17.8 Å². The molecule has 2 unspecified atom stereocenters. The van der Waals surface area contributed by atoms with Crippen molar-refractivity contribution in [3.63, 3.8) is 0 Å². The number of piperidine rings is 1. The van der Waals surface area contributed by atoms with E-state index in [0.717, 1.165) is 31.0 Å². The Labute approximate surface area is 222 Å². The first-order chi connectivity index (χ1) is 18.6. The molecule has 2 aromatic heterocycles. The van der Waals surface area contributed by atoms with E-state index in [9.17, 15) is 22.8 Å². The minimum atomic E-state index is -4.68. The number of aromatic carboxylic acids is 1. The fourth-order valence-electron chi connectivity index (χ4n) is 4.81. The summed E-state index contributed by atoms with van der Waals surface area (Å²) in [6.07, 6.45) is -0.507. The number of aromatic nitrogens is 2. The Hall–Kier alpha value is -3.84. The minimum Gasteiger partial charge on any atom is -0.477 e. The summed E-state index contributed by atoms with van der Waals surface area (Å²) in [6.45, 7) is 4.01. The Balaban J connectivity index is 0.000000379. The number of likely N-dealkylation sites (N-methyl/N-ethyl adjacent to an activating group) is 1. The van der Waals surface area contributed by atoms with Crippen molar-refractivity contribution in [2.45, 2.75) is 19.5 Å². The van der Waals surface area contributed by atoms with Crippen LogP contribution >= 0.6 is 0 Å². The number of nitrogens with one attached hydrogen (secondary N) is 2. The lowest BCUT2D eigenvalue weighted by atomic mass is 10.2. The molecule has 1 amide bonds. The van der Waals surface area contributed by atoms with E-state index >= 15 is 0 Å². The zero-order valence-corrected chi connectivity index (χ0v) is 21.2. The maximum atomic E-state index is 12.4. The van der Waals surface area contributed by atoms with Crippen LogP contribution in [0.1, 0.15) is 21.8 Å². The third-order valence-corrected chi connectivity index (χ3v) is 6.77. The number of furan rings is 1.